The Morgan fingerprint density at radius 2 is 2.21 bits per heavy atom. The molecular weight excluding hydrogens is 306 g/mol. The molecule has 0 N–H and O–H groups in total. The topological polar surface area (TPSA) is 56.6 Å². The predicted octanol–water partition coefficient (Wildman–Crippen LogP) is 2.27. The summed E-state index contributed by atoms with van der Waals surface area (Å²) in [5.41, 5.74) is 1.73. The molecule has 0 aliphatic carbocycles. The number of nitrogens with zero attached hydrogens (tertiary/aromatic N) is 3. The average Bonchev–Trinajstić information content (AvgIpc) is 3.23. The zero-order valence-electron chi connectivity index (χ0n) is 13.8. The van der Waals surface area contributed by atoms with E-state index in [4.69, 9.17) is 9.47 Å². The number of aryl methyl sites for hydroxylation is 1. The number of hydrogen-bond donors (Lipinski definition) is 0. The Bertz CT molecular complexity index is 756. The average molecular weight is 327 g/mol. The smallest absolute Gasteiger partial charge is 0.258 e. The van der Waals surface area contributed by atoms with Gasteiger partial charge in [0.25, 0.3) is 5.91 Å². The zero-order valence-corrected chi connectivity index (χ0v) is 13.8. The fourth-order valence-corrected chi connectivity index (χ4v) is 3.47. The van der Waals surface area contributed by atoms with Crippen LogP contribution in [0.25, 0.3) is 0 Å². The Kier molecular flexibility index (Phi) is 3.88. The first-order valence-corrected chi connectivity index (χ1v) is 8.41. The van der Waals surface area contributed by atoms with E-state index in [-0.39, 0.29) is 11.9 Å². The highest BCUT2D eigenvalue weighted by Gasteiger charge is 2.32. The Morgan fingerprint density at radius 1 is 1.33 bits per heavy atom. The number of benzene rings is 1. The van der Waals surface area contributed by atoms with Gasteiger partial charge in [-0.1, -0.05) is 6.07 Å². The zero-order chi connectivity index (χ0) is 16.5. The van der Waals surface area contributed by atoms with Crippen LogP contribution in [-0.2, 0) is 6.54 Å². The van der Waals surface area contributed by atoms with Gasteiger partial charge in [-0.2, -0.15) is 5.10 Å². The van der Waals surface area contributed by atoms with E-state index in [9.17, 15) is 4.79 Å². The molecule has 0 radical (unpaired) electrons. The van der Waals surface area contributed by atoms with Crippen LogP contribution < -0.4 is 9.47 Å². The molecular formula is C18H21N3O3. The van der Waals surface area contributed by atoms with Gasteiger partial charge in [0.1, 0.15) is 13.2 Å². The molecule has 1 fully saturated rings. The number of likely N-dealkylation sites (tertiary alicyclic amines) is 1. The van der Waals surface area contributed by atoms with Crippen LogP contribution in [0.2, 0.25) is 0 Å². The van der Waals surface area contributed by atoms with Crippen molar-refractivity contribution in [2.75, 3.05) is 19.8 Å². The molecule has 0 saturated carbocycles. The molecule has 2 aromatic rings. The monoisotopic (exact) mass is 327 g/mol. The van der Waals surface area contributed by atoms with E-state index in [2.05, 4.69) is 5.10 Å². The lowest BCUT2D eigenvalue weighted by atomic mass is 10.1. The van der Waals surface area contributed by atoms with E-state index in [1.54, 1.807) is 0 Å². The minimum Gasteiger partial charge on any atom is -0.486 e. The van der Waals surface area contributed by atoms with Gasteiger partial charge in [-0.05, 0) is 37.5 Å². The summed E-state index contributed by atoms with van der Waals surface area (Å²) in [5.74, 6) is 1.25. The first-order chi connectivity index (χ1) is 11.7. The number of fused-ring (bicyclic) bond motifs is 1. The largest absolute Gasteiger partial charge is 0.486 e. The lowest BCUT2D eigenvalue weighted by Gasteiger charge is -2.27. The molecule has 6 heteroatoms. The van der Waals surface area contributed by atoms with E-state index < -0.39 is 0 Å². The van der Waals surface area contributed by atoms with Crippen LogP contribution in [-0.4, -0.2) is 46.4 Å². The van der Waals surface area contributed by atoms with Crippen LogP contribution in [0.3, 0.4) is 0 Å². The first kappa shape index (κ1) is 15.1. The molecule has 0 spiro atoms. The summed E-state index contributed by atoms with van der Waals surface area (Å²) in [4.78, 5) is 15.0. The van der Waals surface area contributed by atoms with Crippen molar-refractivity contribution >= 4 is 5.91 Å². The van der Waals surface area contributed by atoms with Gasteiger partial charge in [-0.3, -0.25) is 9.48 Å². The second-order valence-electron chi connectivity index (χ2n) is 6.36. The van der Waals surface area contributed by atoms with Crippen LogP contribution in [0.15, 0.2) is 30.6 Å². The molecule has 126 valence electrons. The van der Waals surface area contributed by atoms with Crippen molar-refractivity contribution in [1.82, 2.24) is 14.7 Å². The molecule has 1 amide bonds. The van der Waals surface area contributed by atoms with Crippen LogP contribution >= 0.6 is 0 Å². The highest BCUT2D eigenvalue weighted by atomic mass is 16.6. The van der Waals surface area contributed by atoms with Crippen LogP contribution in [0, 0.1) is 6.92 Å². The number of hydrogen-bond acceptors (Lipinski definition) is 4. The second-order valence-corrected chi connectivity index (χ2v) is 6.36. The van der Waals surface area contributed by atoms with Crippen LogP contribution in [0.1, 0.15) is 28.8 Å². The van der Waals surface area contributed by atoms with E-state index in [0.29, 0.717) is 30.3 Å². The van der Waals surface area contributed by atoms with Crippen molar-refractivity contribution < 1.29 is 14.3 Å². The van der Waals surface area contributed by atoms with Crippen molar-refractivity contribution in [3.63, 3.8) is 0 Å². The van der Waals surface area contributed by atoms with E-state index in [1.165, 1.54) is 0 Å². The number of aromatic nitrogens is 2. The standard InChI is InChI=1S/C18H21N3O3/c1-13-10-19-20(11-13)12-14-4-3-7-21(14)18(22)15-5-2-6-16-17(15)24-9-8-23-16/h2,5-6,10-11,14H,3-4,7-9,12H2,1H3/t14-/m0/s1. The maximum absolute atomic E-state index is 13.1. The van der Waals surface area contributed by atoms with E-state index in [0.717, 1.165) is 31.5 Å². The summed E-state index contributed by atoms with van der Waals surface area (Å²) in [5, 5.41) is 4.35. The van der Waals surface area contributed by atoms with Crippen molar-refractivity contribution in [2.24, 2.45) is 0 Å². The summed E-state index contributed by atoms with van der Waals surface area (Å²) < 4.78 is 13.2. The van der Waals surface area contributed by atoms with Gasteiger partial charge >= 0.3 is 0 Å². The molecule has 1 saturated heterocycles. The third-order valence-electron chi connectivity index (χ3n) is 4.59. The summed E-state index contributed by atoms with van der Waals surface area (Å²) in [6.45, 7) is 4.53. The predicted molar refractivity (Wildman–Crippen MR) is 88.5 cm³/mol. The molecule has 1 aromatic carbocycles. The fraction of sp³-hybridized carbons (Fsp3) is 0.444. The molecule has 1 atom stereocenters. The Balaban J connectivity index is 1.57. The minimum absolute atomic E-state index is 0.0173. The van der Waals surface area contributed by atoms with Gasteiger partial charge in [0.05, 0.1) is 24.3 Å². The Hall–Kier alpha value is -2.50. The number of rotatable bonds is 3. The molecule has 2 aliphatic heterocycles. The van der Waals surface area contributed by atoms with E-state index in [1.807, 2.05) is 47.1 Å². The molecule has 1 aromatic heterocycles. The van der Waals surface area contributed by atoms with Crippen molar-refractivity contribution in [2.45, 2.75) is 32.4 Å². The summed E-state index contributed by atoms with van der Waals surface area (Å²) in [6.07, 6.45) is 5.88. The van der Waals surface area contributed by atoms with Crippen molar-refractivity contribution in [3.8, 4) is 11.5 Å². The Labute approximate surface area is 141 Å². The molecule has 3 heterocycles. The normalized spacial score (nSPS) is 19.5. The first-order valence-electron chi connectivity index (χ1n) is 8.41. The number of carbonyl (C=O) groups is 1. The molecule has 0 bridgehead atoms. The molecule has 0 unspecified atom stereocenters. The second kappa shape index (κ2) is 6.19. The number of para-hydroxylation sites is 1. The van der Waals surface area contributed by atoms with Gasteiger partial charge in [0.15, 0.2) is 11.5 Å². The van der Waals surface area contributed by atoms with Crippen molar-refractivity contribution in [3.05, 3.63) is 41.7 Å². The van der Waals surface area contributed by atoms with Crippen molar-refractivity contribution in [1.29, 1.82) is 0 Å². The fourth-order valence-electron chi connectivity index (χ4n) is 3.47. The molecule has 2 aliphatic rings. The highest BCUT2D eigenvalue weighted by Crippen LogP contribution is 2.35. The summed E-state index contributed by atoms with van der Waals surface area (Å²) in [6, 6.07) is 5.68. The number of ether oxygens (including phenoxy) is 2. The molecule has 24 heavy (non-hydrogen) atoms. The lowest BCUT2D eigenvalue weighted by molar-refractivity contribution is 0.0711. The maximum Gasteiger partial charge on any atom is 0.258 e. The van der Waals surface area contributed by atoms with E-state index >= 15 is 0 Å². The van der Waals surface area contributed by atoms with Crippen LogP contribution in [0.4, 0.5) is 0 Å². The third-order valence-corrected chi connectivity index (χ3v) is 4.59. The lowest BCUT2D eigenvalue weighted by Crippen LogP contribution is -2.38. The van der Waals surface area contributed by atoms with Gasteiger partial charge in [0, 0.05) is 12.7 Å². The number of amides is 1. The summed E-state index contributed by atoms with van der Waals surface area (Å²) in [7, 11) is 0. The van der Waals surface area contributed by atoms with Crippen LogP contribution in [0.5, 0.6) is 11.5 Å². The third kappa shape index (κ3) is 2.72. The molecule has 4 rings (SSSR count). The summed E-state index contributed by atoms with van der Waals surface area (Å²) >= 11 is 0. The van der Waals surface area contributed by atoms with Gasteiger partial charge < -0.3 is 14.4 Å². The number of carbonyl (C=O) groups excluding carboxylic acids is 1. The SMILES string of the molecule is Cc1cnn(C[C@@H]2CCCN2C(=O)c2cccc3c2OCCO3)c1. The van der Waals surface area contributed by atoms with Gasteiger partial charge in [-0.15, -0.1) is 0 Å². The molecule has 6 nitrogen and oxygen atoms in total. The minimum atomic E-state index is 0.0173. The quantitative estimate of drug-likeness (QED) is 0.868. The maximum atomic E-state index is 13.1. The van der Waals surface area contributed by atoms with Gasteiger partial charge in [0.2, 0.25) is 0 Å². The Morgan fingerprint density at radius 3 is 3.04 bits per heavy atom. The van der Waals surface area contributed by atoms with Gasteiger partial charge in [-0.25, -0.2) is 0 Å². The highest BCUT2D eigenvalue weighted by molar-refractivity contribution is 5.98.